The highest BCUT2D eigenvalue weighted by Crippen LogP contribution is 2.27. The number of halogens is 2. The summed E-state index contributed by atoms with van der Waals surface area (Å²) in [5.41, 5.74) is 2.01. The van der Waals surface area contributed by atoms with E-state index in [1.807, 2.05) is 0 Å². The van der Waals surface area contributed by atoms with Crippen molar-refractivity contribution in [2.24, 2.45) is 0 Å². The van der Waals surface area contributed by atoms with Crippen LogP contribution in [0.1, 0.15) is 39.0 Å². The van der Waals surface area contributed by atoms with E-state index in [2.05, 4.69) is 36.6 Å². The molecule has 8 nitrogen and oxygen atoms in total. The lowest BCUT2D eigenvalue weighted by Crippen LogP contribution is -2.30. The fourth-order valence-corrected chi connectivity index (χ4v) is 3.70. The molecule has 0 saturated carbocycles. The average Bonchev–Trinajstić information content (AvgIpc) is 3.09. The molecule has 0 atom stereocenters. The van der Waals surface area contributed by atoms with Crippen molar-refractivity contribution < 1.29 is 14.4 Å². The lowest BCUT2D eigenvalue weighted by atomic mass is 10.1. The number of carbonyl (C=O) groups excluding carboxylic acids is 3. The number of hydrogen-bond acceptors (Lipinski definition) is 5. The number of nitrogens with zero attached hydrogens (tertiary/aromatic N) is 3. The molecule has 0 saturated heterocycles. The van der Waals surface area contributed by atoms with E-state index < -0.39 is 11.8 Å². The van der Waals surface area contributed by atoms with Crippen LogP contribution in [0.25, 0.3) is 5.82 Å². The third-order valence-electron chi connectivity index (χ3n) is 4.29. The summed E-state index contributed by atoms with van der Waals surface area (Å²) in [5, 5.41) is 10.0. The maximum absolute atomic E-state index is 13.2. The first-order chi connectivity index (χ1) is 14.7. The molecule has 0 aliphatic heterocycles. The average molecular weight is 505 g/mol. The van der Waals surface area contributed by atoms with Gasteiger partial charge in [0.05, 0.1) is 28.5 Å². The Kier molecular flexibility index (Phi) is 6.87. The molecule has 160 valence electrons. The van der Waals surface area contributed by atoms with Gasteiger partial charge in [0, 0.05) is 10.7 Å². The van der Waals surface area contributed by atoms with E-state index in [-0.39, 0.29) is 23.6 Å². The van der Waals surface area contributed by atoms with Crippen LogP contribution < -0.4 is 10.6 Å². The fraction of sp³-hybridized carbons (Fsp3) is 0.190. The van der Waals surface area contributed by atoms with Crippen LogP contribution >= 0.6 is 27.5 Å². The summed E-state index contributed by atoms with van der Waals surface area (Å²) >= 11 is 9.60. The zero-order valence-corrected chi connectivity index (χ0v) is 19.3. The van der Waals surface area contributed by atoms with Crippen LogP contribution in [0.15, 0.2) is 41.0 Å². The number of Topliss-reactive ketones (excluding diaryl/α,β-unsaturated/α-hetero) is 1. The first-order valence-corrected chi connectivity index (χ1v) is 10.4. The maximum atomic E-state index is 13.2. The van der Waals surface area contributed by atoms with Gasteiger partial charge in [-0.25, -0.2) is 9.67 Å². The van der Waals surface area contributed by atoms with Gasteiger partial charge in [-0.3, -0.25) is 14.4 Å². The van der Waals surface area contributed by atoms with Gasteiger partial charge < -0.3 is 10.6 Å². The first-order valence-electron chi connectivity index (χ1n) is 9.24. The summed E-state index contributed by atoms with van der Waals surface area (Å²) in [6.07, 6.45) is 1.55. The van der Waals surface area contributed by atoms with E-state index in [0.717, 1.165) is 0 Å². The van der Waals surface area contributed by atoms with Gasteiger partial charge in [-0.2, -0.15) is 5.10 Å². The molecular weight excluding hydrogens is 486 g/mol. The lowest BCUT2D eigenvalue weighted by Gasteiger charge is -2.15. The number of hydrogen-bond donors (Lipinski definition) is 2. The molecule has 2 amide bonds. The number of carbonyl (C=O) groups is 3. The summed E-state index contributed by atoms with van der Waals surface area (Å²) in [6.45, 7) is 4.78. The van der Waals surface area contributed by atoms with Gasteiger partial charge in [-0.1, -0.05) is 27.5 Å². The van der Waals surface area contributed by atoms with Crippen molar-refractivity contribution in [2.75, 3.05) is 11.9 Å². The Morgan fingerprint density at radius 1 is 1.16 bits per heavy atom. The van der Waals surface area contributed by atoms with Gasteiger partial charge in [0.1, 0.15) is 11.5 Å². The molecular formula is C21H19BrClN5O3. The molecule has 2 heterocycles. The molecule has 0 bridgehead atoms. The monoisotopic (exact) mass is 503 g/mol. The molecule has 0 aliphatic carbocycles. The van der Waals surface area contributed by atoms with Crippen LogP contribution in [0.3, 0.4) is 0 Å². The van der Waals surface area contributed by atoms with E-state index in [0.29, 0.717) is 32.3 Å². The normalized spacial score (nSPS) is 10.6. The summed E-state index contributed by atoms with van der Waals surface area (Å²) in [5.74, 6) is -0.840. The van der Waals surface area contributed by atoms with Gasteiger partial charge in [0.15, 0.2) is 5.82 Å². The van der Waals surface area contributed by atoms with Gasteiger partial charge in [-0.05, 0) is 56.7 Å². The highest BCUT2D eigenvalue weighted by molar-refractivity contribution is 9.10. The number of nitrogens with one attached hydrogen (secondary N) is 2. The van der Waals surface area contributed by atoms with Crippen molar-refractivity contribution in [1.29, 1.82) is 0 Å². The number of aryl methyl sites for hydroxylation is 2. The maximum Gasteiger partial charge on any atom is 0.274 e. The molecule has 31 heavy (non-hydrogen) atoms. The topological polar surface area (TPSA) is 106 Å². The van der Waals surface area contributed by atoms with Crippen LogP contribution in [0.5, 0.6) is 0 Å². The van der Waals surface area contributed by atoms with Crippen molar-refractivity contribution in [2.45, 2.75) is 20.8 Å². The van der Waals surface area contributed by atoms with Gasteiger partial charge in [0.2, 0.25) is 0 Å². The van der Waals surface area contributed by atoms with Gasteiger partial charge >= 0.3 is 0 Å². The second kappa shape index (κ2) is 9.40. The molecule has 0 fully saturated rings. The molecule has 3 rings (SSSR count). The number of aromatic nitrogens is 3. The largest absolute Gasteiger partial charge is 0.345 e. The Morgan fingerprint density at radius 2 is 1.90 bits per heavy atom. The number of pyridine rings is 1. The van der Waals surface area contributed by atoms with Crippen molar-refractivity contribution in [3.05, 3.63) is 68.5 Å². The third-order valence-corrected chi connectivity index (χ3v) is 5.04. The zero-order chi connectivity index (χ0) is 22.7. The van der Waals surface area contributed by atoms with Crippen LogP contribution in [0.4, 0.5) is 5.69 Å². The number of amides is 2. The summed E-state index contributed by atoms with van der Waals surface area (Å²) in [6, 6.07) is 8.29. The Bertz CT molecular complexity index is 1190. The second-order valence-corrected chi connectivity index (χ2v) is 8.20. The highest BCUT2D eigenvalue weighted by atomic mass is 79.9. The standard InChI is InChI=1S/C21H19BrClN5O3/c1-11-7-14(22)9-15(20(30)25-10-13(3)29)18(11)26-21(31)17-8-12(2)27-28(17)19-16(23)5-4-6-24-19/h4-9H,10H2,1-3H3,(H,25,30)(H,26,31). The van der Waals surface area contributed by atoms with E-state index in [4.69, 9.17) is 11.6 Å². The summed E-state index contributed by atoms with van der Waals surface area (Å²) < 4.78 is 2.02. The molecule has 1 aromatic carbocycles. The minimum atomic E-state index is -0.492. The molecule has 0 unspecified atom stereocenters. The Balaban J connectivity index is 1.99. The van der Waals surface area contributed by atoms with E-state index >= 15 is 0 Å². The first kappa shape index (κ1) is 22.6. The van der Waals surface area contributed by atoms with Crippen LogP contribution in [-0.2, 0) is 4.79 Å². The van der Waals surface area contributed by atoms with Gasteiger partial charge in [-0.15, -0.1) is 0 Å². The van der Waals surface area contributed by atoms with Crippen molar-refractivity contribution in [1.82, 2.24) is 20.1 Å². The van der Waals surface area contributed by atoms with Crippen molar-refractivity contribution >= 4 is 50.8 Å². The minimum absolute atomic E-state index is 0.109. The van der Waals surface area contributed by atoms with E-state index in [1.54, 1.807) is 50.4 Å². The van der Waals surface area contributed by atoms with E-state index in [9.17, 15) is 14.4 Å². The van der Waals surface area contributed by atoms with Crippen molar-refractivity contribution in [3.63, 3.8) is 0 Å². The van der Waals surface area contributed by atoms with Crippen LogP contribution in [-0.4, -0.2) is 38.9 Å². The molecule has 0 aliphatic rings. The smallest absolute Gasteiger partial charge is 0.274 e. The van der Waals surface area contributed by atoms with Gasteiger partial charge in [0.25, 0.3) is 11.8 Å². The minimum Gasteiger partial charge on any atom is -0.345 e. The Hall–Kier alpha value is -3.04. The highest BCUT2D eigenvalue weighted by Gasteiger charge is 2.22. The quantitative estimate of drug-likeness (QED) is 0.530. The zero-order valence-electron chi connectivity index (χ0n) is 17.0. The molecule has 2 N–H and O–H groups in total. The van der Waals surface area contributed by atoms with E-state index in [1.165, 1.54) is 11.6 Å². The molecule has 0 spiro atoms. The molecule has 3 aromatic rings. The second-order valence-electron chi connectivity index (χ2n) is 6.88. The molecule has 10 heteroatoms. The summed E-state index contributed by atoms with van der Waals surface area (Å²) in [7, 11) is 0. The van der Waals surface area contributed by atoms with Crippen molar-refractivity contribution in [3.8, 4) is 5.82 Å². The molecule has 0 radical (unpaired) electrons. The van der Waals surface area contributed by atoms with Crippen LogP contribution in [0, 0.1) is 13.8 Å². The lowest BCUT2D eigenvalue weighted by molar-refractivity contribution is -0.116. The number of benzene rings is 1. The predicted octanol–water partition coefficient (Wildman–Crippen LogP) is 3.87. The fourth-order valence-electron chi connectivity index (χ4n) is 2.92. The SMILES string of the molecule is CC(=O)CNC(=O)c1cc(Br)cc(C)c1NC(=O)c1cc(C)nn1-c1ncccc1Cl. The predicted molar refractivity (Wildman–Crippen MR) is 121 cm³/mol. The van der Waals surface area contributed by atoms with Crippen LogP contribution in [0.2, 0.25) is 5.02 Å². The molecule has 2 aromatic heterocycles. The number of ketones is 1. The number of anilines is 1. The third kappa shape index (κ3) is 5.18. The number of rotatable bonds is 6. The Morgan fingerprint density at radius 3 is 2.58 bits per heavy atom. The summed E-state index contributed by atoms with van der Waals surface area (Å²) in [4.78, 5) is 41.3. The Labute approximate surface area is 192 Å².